The van der Waals surface area contributed by atoms with Gasteiger partial charge in [0.05, 0.1) is 9.79 Å². The van der Waals surface area contributed by atoms with Gasteiger partial charge in [-0.15, -0.1) is 22.7 Å². The van der Waals surface area contributed by atoms with Crippen molar-refractivity contribution in [2.75, 3.05) is 32.8 Å². The zero-order valence-corrected chi connectivity index (χ0v) is 53.9. The molecule has 440 valence electrons. The van der Waals surface area contributed by atoms with E-state index in [4.69, 9.17) is 8.85 Å². The minimum Gasteiger partial charge on any atom is -0.396 e. The van der Waals surface area contributed by atoms with E-state index in [2.05, 4.69) is 90.5 Å². The van der Waals surface area contributed by atoms with Crippen LogP contribution in [0.2, 0.25) is 10.1 Å². The summed E-state index contributed by atoms with van der Waals surface area (Å²) >= 11 is 2.38. The number of benzene rings is 6. The van der Waals surface area contributed by atoms with E-state index in [1.165, 1.54) is 71.5 Å². The number of hydrogen-bond donors (Lipinski definition) is 4. The fourth-order valence-corrected chi connectivity index (χ4v) is 22.7. The van der Waals surface area contributed by atoms with Gasteiger partial charge in [-0.3, -0.25) is 19.0 Å². The standard InChI is InChI=1S/C29H33N3O5S2Si.C29H31N3O4S2Si.2C2H6/c1-29(2,3)40(24-10-6-4-7-11-24,25-12-8-5-9-13-25)37-26(18-20-33)27(34)31-22-14-16-23(17-15-22)39(35,36)32-28-30-19-21-38-28;1-29(2,3)39(24-10-6-4-7-11-24,25-12-8-5-9-13-25)36-26-18-20-32(27(26)33)22-14-16-23(17-15-22)38(34,35)31-28-30-19-21-37-28;2*1-2/h4-17,19,21,26,33H,18,20H2,1-3H3,(H,30,32)(H,31,34);4-17,19,21,26H,18,20H2,1-3H3,(H,30,31);2*1-2H3. The number of rotatable bonds is 19. The average Bonchev–Trinajstić information content (AvgIpc) is 2.72. The van der Waals surface area contributed by atoms with Gasteiger partial charge in [0.25, 0.3) is 48.5 Å². The normalized spacial score (nSPS) is 14.1. The first-order valence-corrected chi connectivity index (χ1v) is 36.1. The number of anilines is 4. The molecule has 21 heteroatoms. The lowest BCUT2D eigenvalue weighted by molar-refractivity contribution is -0.124. The topological polar surface area (TPSA) is 206 Å². The molecule has 2 unspecified atom stereocenters. The molecule has 6 aromatic carbocycles. The zero-order valence-electron chi connectivity index (χ0n) is 48.6. The van der Waals surface area contributed by atoms with Gasteiger partial charge in [0.15, 0.2) is 10.3 Å². The van der Waals surface area contributed by atoms with Crippen molar-refractivity contribution in [1.82, 2.24) is 9.97 Å². The maximum absolute atomic E-state index is 13.8. The number of thiazole rings is 2. The number of amides is 2. The monoisotopic (exact) mass is 1230 g/mol. The SMILES string of the molecule is CC.CC.CC(C)(C)[Si](OC(CCO)C(=O)Nc1ccc(S(=O)(=O)Nc2nccs2)cc1)(c1ccccc1)c1ccccc1.CC(C)(C)[Si](OC1CCN(c2ccc(S(=O)(=O)Nc3nccs3)cc2)C1=O)(c1ccccc1)c1ccccc1. The van der Waals surface area contributed by atoms with Crippen molar-refractivity contribution < 1.29 is 40.4 Å². The molecule has 0 radical (unpaired) electrons. The molecule has 83 heavy (non-hydrogen) atoms. The van der Waals surface area contributed by atoms with Crippen molar-refractivity contribution in [3.63, 3.8) is 0 Å². The van der Waals surface area contributed by atoms with Gasteiger partial charge < -0.3 is 24.2 Å². The fourth-order valence-electron chi connectivity index (χ4n) is 9.83. The molecule has 0 spiro atoms. The van der Waals surface area contributed by atoms with E-state index in [1.807, 2.05) is 125 Å². The van der Waals surface area contributed by atoms with Crippen LogP contribution in [0.15, 0.2) is 203 Å². The first-order chi connectivity index (χ1) is 39.7. The summed E-state index contributed by atoms with van der Waals surface area (Å²) in [4.78, 5) is 37.1. The van der Waals surface area contributed by atoms with Crippen LogP contribution in [0.5, 0.6) is 0 Å². The van der Waals surface area contributed by atoms with Crippen LogP contribution in [0.3, 0.4) is 0 Å². The molecule has 4 N–H and O–H groups in total. The quantitative estimate of drug-likeness (QED) is 0.0560. The smallest absolute Gasteiger partial charge is 0.263 e. The molecule has 2 amide bonds. The van der Waals surface area contributed by atoms with Crippen molar-refractivity contribution in [2.24, 2.45) is 0 Å². The molecule has 1 saturated heterocycles. The Balaban J connectivity index is 0.000000252. The van der Waals surface area contributed by atoms with E-state index in [0.29, 0.717) is 29.5 Å². The fraction of sp³-hybridized carbons (Fsp3) is 0.290. The van der Waals surface area contributed by atoms with E-state index in [-0.39, 0.29) is 43.9 Å². The molecule has 1 aliphatic heterocycles. The molecule has 0 bridgehead atoms. The molecule has 1 fully saturated rings. The van der Waals surface area contributed by atoms with Gasteiger partial charge in [-0.1, -0.05) is 191 Å². The molecule has 3 heterocycles. The van der Waals surface area contributed by atoms with Gasteiger partial charge in [0.2, 0.25) is 0 Å². The average molecular weight is 1230 g/mol. The summed E-state index contributed by atoms with van der Waals surface area (Å²) in [6.07, 6.45) is 2.14. The van der Waals surface area contributed by atoms with Gasteiger partial charge in [-0.05, 0) is 85.8 Å². The Morgan fingerprint density at radius 2 is 1.00 bits per heavy atom. The van der Waals surface area contributed by atoms with Crippen molar-refractivity contribution in [3.05, 3.63) is 193 Å². The summed E-state index contributed by atoms with van der Waals surface area (Å²) in [5, 5.41) is 20.4. The van der Waals surface area contributed by atoms with Crippen LogP contribution < -0.4 is 40.4 Å². The van der Waals surface area contributed by atoms with Crippen LogP contribution >= 0.6 is 22.7 Å². The summed E-state index contributed by atoms with van der Waals surface area (Å²) in [7, 11) is -13.5. The van der Waals surface area contributed by atoms with Gasteiger partial charge in [-0.2, -0.15) is 0 Å². The van der Waals surface area contributed by atoms with Crippen molar-refractivity contribution >= 4 is 114 Å². The minimum atomic E-state index is -3.82. The lowest BCUT2D eigenvalue weighted by Crippen LogP contribution is -2.68. The van der Waals surface area contributed by atoms with Crippen LogP contribution in [-0.4, -0.2) is 85.7 Å². The second-order valence-corrected chi connectivity index (χ2v) is 34.4. The Morgan fingerprint density at radius 3 is 1.36 bits per heavy atom. The molecule has 1 aliphatic rings. The van der Waals surface area contributed by atoms with Crippen molar-refractivity contribution in [3.8, 4) is 0 Å². The minimum absolute atomic E-state index is 0.0381. The highest BCUT2D eigenvalue weighted by Crippen LogP contribution is 2.40. The largest absolute Gasteiger partial charge is 0.396 e. The number of aromatic nitrogens is 2. The molecular weight excluding hydrogens is 1160 g/mol. The van der Waals surface area contributed by atoms with Crippen molar-refractivity contribution in [2.45, 2.75) is 114 Å². The predicted molar refractivity (Wildman–Crippen MR) is 344 cm³/mol. The van der Waals surface area contributed by atoms with Gasteiger partial charge in [0.1, 0.15) is 12.2 Å². The summed E-state index contributed by atoms with van der Waals surface area (Å²) in [6.45, 7) is 21.2. The zero-order chi connectivity index (χ0) is 60.5. The van der Waals surface area contributed by atoms with Crippen LogP contribution in [0.4, 0.5) is 21.6 Å². The number of carbonyl (C=O) groups excluding carboxylic acids is 2. The molecule has 2 aromatic heterocycles. The van der Waals surface area contributed by atoms with E-state index in [9.17, 15) is 31.5 Å². The Bertz CT molecular complexity index is 3410. The Kier molecular flexibility index (Phi) is 23.1. The second kappa shape index (κ2) is 29.2. The molecule has 8 aromatic rings. The van der Waals surface area contributed by atoms with Crippen LogP contribution in [0.25, 0.3) is 0 Å². The molecule has 2 atom stereocenters. The summed E-state index contributed by atoms with van der Waals surface area (Å²) in [5.74, 6) is -0.530. The third kappa shape index (κ3) is 15.6. The van der Waals surface area contributed by atoms with E-state index >= 15 is 0 Å². The third-order valence-corrected chi connectivity index (χ3v) is 27.9. The number of hydrogen-bond acceptors (Lipinski definition) is 13. The summed E-state index contributed by atoms with van der Waals surface area (Å²) in [5.41, 5.74) is 1.05. The van der Waals surface area contributed by atoms with E-state index < -0.39 is 54.8 Å². The third-order valence-electron chi connectivity index (χ3n) is 13.5. The van der Waals surface area contributed by atoms with Gasteiger partial charge in [0, 0.05) is 54.1 Å². The molecular formula is C62H76N6O9S4Si2. The number of aliphatic hydroxyl groups excluding tert-OH is 1. The van der Waals surface area contributed by atoms with E-state index in [0.717, 1.165) is 20.7 Å². The Hall–Kier alpha value is -6.67. The first kappa shape index (κ1) is 65.5. The lowest BCUT2D eigenvalue weighted by atomic mass is 10.2. The second-order valence-electron chi connectivity index (χ2n) is 20.7. The first-order valence-electron chi connectivity index (χ1n) is 27.5. The molecule has 0 aliphatic carbocycles. The summed E-state index contributed by atoms with van der Waals surface area (Å²) < 4.78 is 69.7. The highest BCUT2D eigenvalue weighted by molar-refractivity contribution is 7.93. The van der Waals surface area contributed by atoms with Crippen molar-refractivity contribution in [1.29, 1.82) is 0 Å². The predicted octanol–water partition coefficient (Wildman–Crippen LogP) is 10.9. The van der Waals surface area contributed by atoms with Gasteiger partial charge >= 0.3 is 0 Å². The molecule has 15 nitrogen and oxygen atoms in total. The van der Waals surface area contributed by atoms with Crippen LogP contribution in [0, 0.1) is 0 Å². The maximum Gasteiger partial charge on any atom is 0.263 e. The molecule has 0 saturated carbocycles. The number of carbonyl (C=O) groups is 2. The lowest BCUT2D eigenvalue weighted by Gasteiger charge is -2.44. The van der Waals surface area contributed by atoms with Gasteiger partial charge in [-0.25, -0.2) is 26.8 Å². The Labute approximate surface area is 500 Å². The highest BCUT2D eigenvalue weighted by atomic mass is 32.2. The number of nitrogens with zero attached hydrogens (tertiary/aromatic N) is 3. The molecule has 9 rings (SSSR count). The Morgan fingerprint density at radius 1 is 0.614 bits per heavy atom. The highest BCUT2D eigenvalue weighted by Gasteiger charge is 2.54. The number of sulfonamides is 2. The van der Waals surface area contributed by atoms with Crippen LogP contribution in [0.1, 0.15) is 82.1 Å². The number of aliphatic hydroxyl groups is 1. The maximum atomic E-state index is 13.8. The van der Waals surface area contributed by atoms with E-state index in [1.54, 1.807) is 27.8 Å². The van der Waals surface area contributed by atoms with Crippen LogP contribution in [-0.2, 0) is 38.5 Å². The number of nitrogens with one attached hydrogen (secondary N) is 3. The summed E-state index contributed by atoms with van der Waals surface area (Å²) in [6, 6.07) is 52.7.